The maximum atomic E-state index is 13.2. The van der Waals surface area contributed by atoms with Crippen LogP contribution in [0.2, 0.25) is 0 Å². The molecule has 2 aliphatic rings. The fourth-order valence-corrected chi connectivity index (χ4v) is 8.66. The van der Waals surface area contributed by atoms with E-state index in [0.29, 0.717) is 11.1 Å². The van der Waals surface area contributed by atoms with Gasteiger partial charge in [0, 0.05) is 45.4 Å². The van der Waals surface area contributed by atoms with Crippen molar-refractivity contribution in [3.8, 4) is 11.1 Å². The van der Waals surface area contributed by atoms with Crippen LogP contribution >= 0.6 is 0 Å². The normalized spacial score (nSPS) is 22.0. The molecule has 6 heteroatoms. The van der Waals surface area contributed by atoms with E-state index >= 15 is 0 Å². The Kier molecular flexibility index (Phi) is 10.1. The van der Waals surface area contributed by atoms with Crippen molar-refractivity contribution < 1.29 is 9.59 Å². The zero-order valence-electron chi connectivity index (χ0n) is 29.1. The lowest BCUT2D eigenvalue weighted by molar-refractivity contribution is -0.0394. The Morgan fingerprint density at radius 3 is 1.09 bits per heavy atom. The summed E-state index contributed by atoms with van der Waals surface area (Å²) in [6.07, 6.45) is 6.01. The molecular formula is C38H58N4O2. The van der Waals surface area contributed by atoms with Crippen LogP contribution in [-0.2, 0) is 0 Å². The van der Waals surface area contributed by atoms with Gasteiger partial charge < -0.3 is 10.6 Å². The van der Waals surface area contributed by atoms with Crippen LogP contribution in [0, 0.1) is 0 Å². The molecule has 2 N–H and O–H groups in total. The number of hydrogen-bond donors (Lipinski definition) is 2. The van der Waals surface area contributed by atoms with Crippen molar-refractivity contribution >= 4 is 11.8 Å². The van der Waals surface area contributed by atoms with E-state index in [4.69, 9.17) is 0 Å². The number of benzene rings is 2. The van der Waals surface area contributed by atoms with Crippen molar-refractivity contribution in [3.05, 3.63) is 59.7 Å². The first kappa shape index (κ1) is 34.2. The summed E-state index contributed by atoms with van der Waals surface area (Å²) in [7, 11) is 0. The Morgan fingerprint density at radius 1 is 0.568 bits per heavy atom. The average Bonchev–Trinajstić information content (AvgIpc) is 2.92. The van der Waals surface area contributed by atoms with Gasteiger partial charge in [-0.2, -0.15) is 0 Å². The van der Waals surface area contributed by atoms with E-state index in [1.165, 1.54) is 0 Å². The van der Waals surface area contributed by atoms with E-state index < -0.39 is 0 Å². The molecule has 2 fully saturated rings. The molecule has 2 saturated heterocycles. The SMILES string of the molecule is CCCN1C(C)(C)CC(NC(=O)c2ccc(-c3ccc(C(=O)NC4CC(C)(C)N(CCC)C(C)(C)C4)cc3)cc2)CC1(C)C. The molecule has 44 heavy (non-hydrogen) atoms. The number of nitrogens with zero attached hydrogens (tertiary/aromatic N) is 2. The van der Waals surface area contributed by atoms with E-state index in [-0.39, 0.29) is 46.1 Å². The van der Waals surface area contributed by atoms with Crippen LogP contribution in [0.15, 0.2) is 48.5 Å². The van der Waals surface area contributed by atoms with Gasteiger partial charge >= 0.3 is 0 Å². The molecule has 0 aliphatic carbocycles. The number of hydrogen-bond acceptors (Lipinski definition) is 4. The van der Waals surface area contributed by atoms with Crippen LogP contribution in [0.4, 0.5) is 0 Å². The smallest absolute Gasteiger partial charge is 0.251 e. The zero-order chi connectivity index (χ0) is 32.5. The van der Waals surface area contributed by atoms with Gasteiger partial charge in [0.05, 0.1) is 0 Å². The molecule has 2 aromatic rings. The van der Waals surface area contributed by atoms with Gasteiger partial charge in [-0.25, -0.2) is 0 Å². The molecule has 4 rings (SSSR count). The summed E-state index contributed by atoms with van der Waals surface area (Å²) < 4.78 is 0. The molecule has 0 aromatic heterocycles. The Labute approximate surface area is 267 Å². The summed E-state index contributed by atoms with van der Waals surface area (Å²) in [6, 6.07) is 15.9. The standard InChI is InChI=1S/C38H58N4O2/c1-11-21-41-35(3,4)23-31(24-36(41,5)6)39-33(43)29-17-13-27(14-18-29)28-15-19-30(20-16-28)34(44)40-32-25-37(7,8)42(22-12-2)38(9,10)26-32/h13-20,31-32H,11-12,21-26H2,1-10H3,(H,39,43)(H,40,44). The van der Waals surface area contributed by atoms with Gasteiger partial charge in [-0.05, 0) is 142 Å². The highest BCUT2D eigenvalue weighted by molar-refractivity contribution is 5.96. The second-order valence-corrected chi connectivity index (χ2v) is 15.9. The van der Waals surface area contributed by atoms with Crippen molar-refractivity contribution in [2.24, 2.45) is 0 Å². The Morgan fingerprint density at radius 2 is 0.841 bits per heavy atom. The van der Waals surface area contributed by atoms with Gasteiger partial charge in [-0.1, -0.05) is 38.1 Å². The van der Waals surface area contributed by atoms with Crippen LogP contribution < -0.4 is 10.6 Å². The highest BCUT2D eigenvalue weighted by atomic mass is 16.2. The summed E-state index contributed by atoms with van der Waals surface area (Å²) in [5.74, 6) is -0.0352. The molecule has 0 spiro atoms. The van der Waals surface area contributed by atoms with Gasteiger partial charge in [0.15, 0.2) is 0 Å². The number of likely N-dealkylation sites (tertiary alicyclic amines) is 2. The molecule has 0 bridgehead atoms. The number of nitrogens with one attached hydrogen (secondary N) is 2. The van der Waals surface area contributed by atoms with Crippen molar-refractivity contribution in [1.82, 2.24) is 20.4 Å². The predicted octanol–water partition coefficient (Wildman–Crippen LogP) is 7.68. The molecule has 6 nitrogen and oxygen atoms in total. The molecule has 2 amide bonds. The minimum absolute atomic E-state index is 0.0176. The molecule has 0 saturated carbocycles. The molecule has 2 aliphatic heterocycles. The van der Waals surface area contributed by atoms with Crippen LogP contribution in [-0.4, -0.2) is 68.9 Å². The molecule has 0 atom stereocenters. The highest BCUT2D eigenvalue weighted by Gasteiger charge is 2.46. The Bertz CT molecular complexity index is 1160. The minimum atomic E-state index is -0.0176. The quantitative estimate of drug-likeness (QED) is 0.309. The summed E-state index contributed by atoms with van der Waals surface area (Å²) >= 11 is 0. The summed E-state index contributed by atoms with van der Waals surface area (Å²) in [4.78, 5) is 31.7. The van der Waals surface area contributed by atoms with E-state index in [2.05, 4.69) is 89.7 Å². The average molecular weight is 603 g/mol. The summed E-state index contributed by atoms with van der Waals surface area (Å²) in [6.45, 7) is 25.0. The van der Waals surface area contributed by atoms with E-state index in [1.807, 2.05) is 48.5 Å². The first-order chi connectivity index (χ1) is 20.5. The first-order valence-electron chi connectivity index (χ1n) is 16.9. The van der Waals surface area contributed by atoms with Crippen LogP contribution in [0.3, 0.4) is 0 Å². The van der Waals surface area contributed by atoms with Crippen molar-refractivity contribution in [1.29, 1.82) is 0 Å². The van der Waals surface area contributed by atoms with Gasteiger partial charge in [-0.3, -0.25) is 19.4 Å². The highest BCUT2D eigenvalue weighted by Crippen LogP contribution is 2.40. The third-order valence-electron chi connectivity index (χ3n) is 10.1. The van der Waals surface area contributed by atoms with E-state index in [0.717, 1.165) is 62.7 Å². The molecular weight excluding hydrogens is 544 g/mol. The first-order valence-corrected chi connectivity index (χ1v) is 16.9. The molecule has 0 radical (unpaired) electrons. The summed E-state index contributed by atoms with van der Waals surface area (Å²) in [5.41, 5.74) is 3.51. The lowest BCUT2D eigenvalue weighted by Crippen LogP contribution is -2.64. The molecule has 2 aromatic carbocycles. The summed E-state index contributed by atoms with van der Waals surface area (Å²) in [5, 5.41) is 6.66. The monoisotopic (exact) mass is 602 g/mol. The maximum absolute atomic E-state index is 13.2. The number of piperidine rings is 2. The third kappa shape index (κ3) is 7.56. The van der Waals surface area contributed by atoms with E-state index in [9.17, 15) is 9.59 Å². The number of amides is 2. The second-order valence-electron chi connectivity index (χ2n) is 15.9. The Hall–Kier alpha value is -2.70. The third-order valence-corrected chi connectivity index (χ3v) is 10.1. The maximum Gasteiger partial charge on any atom is 0.251 e. The number of carbonyl (C=O) groups is 2. The Balaban J connectivity index is 1.36. The fourth-order valence-electron chi connectivity index (χ4n) is 8.66. The molecule has 0 unspecified atom stereocenters. The van der Waals surface area contributed by atoms with Crippen LogP contribution in [0.5, 0.6) is 0 Å². The second kappa shape index (κ2) is 13.0. The zero-order valence-corrected chi connectivity index (χ0v) is 29.1. The van der Waals surface area contributed by atoms with Crippen molar-refractivity contribution in [2.75, 3.05) is 13.1 Å². The van der Waals surface area contributed by atoms with Gasteiger partial charge in [0.1, 0.15) is 0 Å². The van der Waals surface area contributed by atoms with Gasteiger partial charge in [0.25, 0.3) is 11.8 Å². The number of carbonyl (C=O) groups excluding carboxylic acids is 2. The number of rotatable bonds is 9. The van der Waals surface area contributed by atoms with Gasteiger partial charge in [-0.15, -0.1) is 0 Å². The minimum Gasteiger partial charge on any atom is -0.349 e. The molecule has 242 valence electrons. The largest absolute Gasteiger partial charge is 0.349 e. The topological polar surface area (TPSA) is 64.7 Å². The van der Waals surface area contributed by atoms with Crippen molar-refractivity contribution in [3.63, 3.8) is 0 Å². The van der Waals surface area contributed by atoms with Crippen LogP contribution in [0.25, 0.3) is 11.1 Å². The lowest BCUT2D eigenvalue weighted by Gasteiger charge is -2.55. The van der Waals surface area contributed by atoms with Gasteiger partial charge in [0.2, 0.25) is 0 Å². The predicted molar refractivity (Wildman–Crippen MR) is 183 cm³/mol. The van der Waals surface area contributed by atoms with E-state index in [1.54, 1.807) is 0 Å². The van der Waals surface area contributed by atoms with Crippen LogP contribution in [0.1, 0.15) is 128 Å². The molecule has 2 heterocycles. The fraction of sp³-hybridized carbons (Fsp3) is 0.632. The van der Waals surface area contributed by atoms with Crippen molar-refractivity contribution in [2.45, 2.75) is 142 Å². The lowest BCUT2D eigenvalue weighted by atomic mass is 9.76.